The number of hydrogen-bond acceptors (Lipinski definition) is 5. The predicted octanol–water partition coefficient (Wildman–Crippen LogP) is 1.25. The van der Waals surface area contributed by atoms with Gasteiger partial charge in [-0.2, -0.15) is 0 Å². The van der Waals surface area contributed by atoms with E-state index in [1.807, 2.05) is 12.2 Å². The highest BCUT2D eigenvalue weighted by Crippen LogP contribution is 2.25. The highest BCUT2D eigenvalue weighted by atomic mass is 16.5. The molecule has 3 N–H and O–H groups in total. The maximum atomic E-state index is 11.6. The van der Waals surface area contributed by atoms with E-state index < -0.39 is 18.0 Å². The van der Waals surface area contributed by atoms with Crippen LogP contribution in [-0.4, -0.2) is 30.9 Å². The lowest BCUT2D eigenvalue weighted by molar-refractivity contribution is -0.126. The van der Waals surface area contributed by atoms with E-state index in [-0.39, 0.29) is 11.3 Å². The number of nitrogens with one attached hydrogen (secondary N) is 1. The van der Waals surface area contributed by atoms with Crippen molar-refractivity contribution >= 4 is 18.2 Å². The van der Waals surface area contributed by atoms with E-state index in [1.54, 1.807) is 6.07 Å². The molecule has 7 nitrogen and oxygen atoms in total. The summed E-state index contributed by atoms with van der Waals surface area (Å²) in [5.41, 5.74) is 5.13. The van der Waals surface area contributed by atoms with Gasteiger partial charge in [0, 0.05) is 6.07 Å². The van der Waals surface area contributed by atoms with Gasteiger partial charge in [-0.25, -0.2) is 4.79 Å². The number of amides is 3. The molecule has 0 saturated carbocycles. The molecule has 114 valence electrons. The topological polar surface area (TPSA) is 108 Å². The molecule has 0 fully saturated rings. The maximum Gasteiger partial charge on any atom is 0.318 e. The highest BCUT2D eigenvalue weighted by molar-refractivity contribution is 5.95. The summed E-state index contributed by atoms with van der Waals surface area (Å²) in [6.07, 6.45) is 0.457. The summed E-state index contributed by atoms with van der Waals surface area (Å²) in [5.74, 6) is 0.0323. The smallest absolute Gasteiger partial charge is 0.318 e. The van der Waals surface area contributed by atoms with E-state index in [1.165, 1.54) is 19.1 Å². The fourth-order valence-electron chi connectivity index (χ4n) is 1.49. The second-order valence-corrected chi connectivity index (χ2v) is 4.28. The van der Waals surface area contributed by atoms with Crippen molar-refractivity contribution in [3.05, 3.63) is 23.8 Å². The van der Waals surface area contributed by atoms with Crippen LogP contribution in [0.5, 0.6) is 11.5 Å². The summed E-state index contributed by atoms with van der Waals surface area (Å²) in [4.78, 5) is 33.2. The molecule has 1 aromatic carbocycles. The summed E-state index contributed by atoms with van der Waals surface area (Å²) >= 11 is 0. The van der Waals surface area contributed by atoms with E-state index in [9.17, 15) is 14.4 Å². The number of ether oxygens (including phenoxy) is 2. The van der Waals surface area contributed by atoms with E-state index in [4.69, 9.17) is 15.2 Å². The van der Waals surface area contributed by atoms with Crippen molar-refractivity contribution in [1.29, 1.82) is 0 Å². The molecule has 0 heterocycles. The molecule has 0 saturated heterocycles. The molecular weight excluding hydrogens is 276 g/mol. The molecule has 0 aromatic heterocycles. The molecule has 1 aromatic rings. The average molecular weight is 294 g/mol. The molecule has 1 atom stereocenters. The number of hydrogen-bond donors (Lipinski definition) is 2. The molecule has 0 bridgehead atoms. The average Bonchev–Trinajstić information content (AvgIpc) is 2.44. The van der Waals surface area contributed by atoms with Gasteiger partial charge in [0.25, 0.3) is 5.91 Å². The Balaban J connectivity index is 2.86. The molecule has 21 heavy (non-hydrogen) atoms. The Kier molecular flexibility index (Phi) is 6.19. The van der Waals surface area contributed by atoms with Crippen LogP contribution in [0.1, 0.15) is 30.6 Å². The molecular formula is C14H18N2O5. The third-order valence-electron chi connectivity index (χ3n) is 2.50. The molecule has 7 heteroatoms. The largest absolute Gasteiger partial charge is 0.493 e. The van der Waals surface area contributed by atoms with Gasteiger partial charge in [0.1, 0.15) is 11.5 Å². The summed E-state index contributed by atoms with van der Waals surface area (Å²) in [6, 6.07) is 3.73. The first-order valence-corrected chi connectivity index (χ1v) is 6.47. The van der Waals surface area contributed by atoms with Gasteiger partial charge in [-0.3, -0.25) is 14.9 Å². The van der Waals surface area contributed by atoms with Gasteiger partial charge >= 0.3 is 6.03 Å². The molecule has 0 spiro atoms. The van der Waals surface area contributed by atoms with Crippen molar-refractivity contribution in [1.82, 2.24) is 5.32 Å². The van der Waals surface area contributed by atoms with Crippen LogP contribution in [0.3, 0.4) is 0 Å². The first-order chi connectivity index (χ1) is 9.97. The van der Waals surface area contributed by atoms with Crippen molar-refractivity contribution in [2.75, 3.05) is 6.61 Å². The van der Waals surface area contributed by atoms with Crippen LogP contribution in [0.15, 0.2) is 18.2 Å². The minimum absolute atomic E-state index is 0.200. The molecule has 0 radical (unpaired) electrons. The lowest BCUT2D eigenvalue weighted by atomic mass is 10.2. The van der Waals surface area contributed by atoms with Crippen LogP contribution in [0.25, 0.3) is 0 Å². The third-order valence-corrected chi connectivity index (χ3v) is 2.50. The molecule has 3 amide bonds. The Bertz CT molecular complexity index is 530. The fourth-order valence-corrected chi connectivity index (χ4v) is 1.49. The Morgan fingerprint density at radius 3 is 2.71 bits per heavy atom. The van der Waals surface area contributed by atoms with Crippen molar-refractivity contribution < 1.29 is 23.9 Å². The number of benzene rings is 1. The van der Waals surface area contributed by atoms with Crippen molar-refractivity contribution in [3.8, 4) is 11.5 Å². The van der Waals surface area contributed by atoms with Gasteiger partial charge in [-0.1, -0.05) is 6.92 Å². The van der Waals surface area contributed by atoms with E-state index in [0.717, 1.165) is 6.42 Å². The zero-order valence-electron chi connectivity index (χ0n) is 11.9. The monoisotopic (exact) mass is 294 g/mol. The standard InChI is InChI=1S/C14H18N2O5/c1-3-6-20-11-5-4-10(8-17)12(7-11)21-9(2)13(18)16-14(15)19/h4-5,7-9H,3,6H2,1-2H3,(H3,15,16,18,19)/t9-/m1/s1. The van der Waals surface area contributed by atoms with E-state index >= 15 is 0 Å². The molecule has 0 aliphatic rings. The Labute approximate surface area is 122 Å². The summed E-state index contributed by atoms with van der Waals surface area (Å²) < 4.78 is 10.8. The van der Waals surface area contributed by atoms with Gasteiger partial charge in [0.05, 0.1) is 12.2 Å². The SMILES string of the molecule is CCCOc1ccc(C=O)c(O[C@H](C)C(=O)NC(N)=O)c1. The van der Waals surface area contributed by atoms with Gasteiger partial charge in [0.15, 0.2) is 12.4 Å². The van der Waals surface area contributed by atoms with Crippen molar-refractivity contribution in [2.45, 2.75) is 26.4 Å². The quantitative estimate of drug-likeness (QED) is 0.736. The number of imide groups is 1. The summed E-state index contributed by atoms with van der Waals surface area (Å²) in [6.45, 7) is 3.93. The Hall–Kier alpha value is -2.57. The second kappa shape index (κ2) is 7.88. The van der Waals surface area contributed by atoms with E-state index in [2.05, 4.69) is 0 Å². The zero-order chi connectivity index (χ0) is 15.8. The number of urea groups is 1. The van der Waals surface area contributed by atoms with Gasteiger partial charge in [0.2, 0.25) is 0 Å². The van der Waals surface area contributed by atoms with Gasteiger partial charge in [-0.05, 0) is 25.5 Å². The minimum Gasteiger partial charge on any atom is -0.493 e. The van der Waals surface area contributed by atoms with Crippen LogP contribution in [-0.2, 0) is 4.79 Å². The van der Waals surface area contributed by atoms with Crippen LogP contribution < -0.4 is 20.5 Å². The highest BCUT2D eigenvalue weighted by Gasteiger charge is 2.18. The zero-order valence-corrected chi connectivity index (χ0v) is 11.9. The first-order valence-electron chi connectivity index (χ1n) is 6.47. The first kappa shape index (κ1) is 16.5. The summed E-state index contributed by atoms with van der Waals surface area (Å²) in [7, 11) is 0. The predicted molar refractivity (Wildman–Crippen MR) is 75.4 cm³/mol. The number of aldehydes is 1. The number of nitrogens with two attached hydrogens (primary N) is 1. The van der Waals surface area contributed by atoms with E-state index in [0.29, 0.717) is 18.6 Å². The van der Waals surface area contributed by atoms with Crippen LogP contribution in [0.4, 0.5) is 4.79 Å². The summed E-state index contributed by atoms with van der Waals surface area (Å²) in [5, 5.41) is 1.90. The second-order valence-electron chi connectivity index (χ2n) is 4.28. The van der Waals surface area contributed by atoms with Gasteiger partial charge < -0.3 is 15.2 Å². The minimum atomic E-state index is -0.988. The third kappa shape index (κ3) is 5.13. The normalized spacial score (nSPS) is 11.3. The van der Waals surface area contributed by atoms with Gasteiger partial charge in [-0.15, -0.1) is 0 Å². The lowest BCUT2D eigenvalue weighted by Gasteiger charge is -2.16. The fraction of sp³-hybridized carbons (Fsp3) is 0.357. The Morgan fingerprint density at radius 1 is 1.43 bits per heavy atom. The number of rotatable bonds is 7. The van der Waals surface area contributed by atoms with Crippen LogP contribution >= 0.6 is 0 Å². The number of carbonyl (C=O) groups excluding carboxylic acids is 3. The number of primary amides is 1. The molecule has 0 aliphatic carbocycles. The van der Waals surface area contributed by atoms with Crippen molar-refractivity contribution in [3.63, 3.8) is 0 Å². The maximum absolute atomic E-state index is 11.6. The number of carbonyl (C=O) groups is 3. The lowest BCUT2D eigenvalue weighted by Crippen LogP contribution is -2.42. The Morgan fingerprint density at radius 2 is 2.14 bits per heavy atom. The van der Waals surface area contributed by atoms with Crippen LogP contribution in [0, 0.1) is 0 Å². The van der Waals surface area contributed by atoms with Crippen LogP contribution in [0.2, 0.25) is 0 Å². The van der Waals surface area contributed by atoms with Crippen molar-refractivity contribution in [2.24, 2.45) is 5.73 Å². The molecule has 0 unspecified atom stereocenters. The molecule has 1 rings (SSSR count). The molecule has 0 aliphatic heterocycles.